The predicted octanol–water partition coefficient (Wildman–Crippen LogP) is 4.38. The van der Waals surface area contributed by atoms with Crippen LogP contribution in [0.5, 0.6) is 0 Å². The van der Waals surface area contributed by atoms with Gasteiger partial charge in [-0.15, -0.1) is 0 Å². The molecule has 0 saturated heterocycles. The number of rotatable bonds is 2. The Bertz CT molecular complexity index is 654. The maximum Gasteiger partial charge on any atom is 0.417 e. The molecule has 3 nitrogen and oxygen atoms in total. The van der Waals surface area contributed by atoms with Crippen molar-refractivity contribution in [1.29, 1.82) is 0 Å². The highest BCUT2D eigenvalue weighted by Crippen LogP contribution is 2.36. The molecule has 2 aromatic rings. The first-order valence-corrected chi connectivity index (χ1v) is 6.54. The summed E-state index contributed by atoms with van der Waals surface area (Å²) in [4.78, 5) is 12.6. The summed E-state index contributed by atoms with van der Waals surface area (Å²) >= 11 is 6.64. The van der Waals surface area contributed by atoms with E-state index in [4.69, 9.17) is 11.6 Å². The highest BCUT2D eigenvalue weighted by Gasteiger charge is 2.33. The highest BCUT2D eigenvalue weighted by atomic mass is 35.5. The molecule has 0 fully saturated rings. The number of nitrogens with one attached hydrogen (secondary N) is 1. The van der Waals surface area contributed by atoms with Crippen molar-refractivity contribution in [2.45, 2.75) is 13.1 Å². The summed E-state index contributed by atoms with van der Waals surface area (Å²) in [6.07, 6.45) is -4.57. The fourth-order valence-corrected chi connectivity index (χ4v) is 2.26. The minimum atomic E-state index is -4.57. The smallest absolute Gasteiger partial charge is 0.321 e. The SMILES string of the molecule is Cc1cc(C(=O)Nc2ccc(Cl)c(C(F)(F)F)c2)ns1. The molecule has 8 heteroatoms. The number of amides is 1. The van der Waals surface area contributed by atoms with Crippen LogP contribution in [0.25, 0.3) is 0 Å². The molecule has 0 aliphatic rings. The molecule has 0 aliphatic heterocycles. The van der Waals surface area contributed by atoms with Gasteiger partial charge in [0.25, 0.3) is 5.91 Å². The third kappa shape index (κ3) is 3.29. The van der Waals surface area contributed by atoms with E-state index in [1.807, 2.05) is 0 Å². The van der Waals surface area contributed by atoms with Crippen LogP contribution in [0.4, 0.5) is 18.9 Å². The van der Waals surface area contributed by atoms with Crippen molar-refractivity contribution in [2.75, 3.05) is 5.32 Å². The zero-order valence-corrected chi connectivity index (χ0v) is 11.7. The van der Waals surface area contributed by atoms with Gasteiger partial charge >= 0.3 is 6.18 Å². The number of nitrogens with zero attached hydrogens (tertiary/aromatic N) is 1. The number of benzene rings is 1. The molecule has 106 valence electrons. The van der Waals surface area contributed by atoms with Crippen LogP contribution in [0.15, 0.2) is 24.3 Å². The standard InChI is InChI=1S/C12H8ClF3N2OS/c1-6-4-10(18-20-6)11(19)17-7-2-3-9(13)8(5-7)12(14,15)16/h2-5H,1H3,(H,17,19). The highest BCUT2D eigenvalue weighted by molar-refractivity contribution is 7.05. The summed E-state index contributed by atoms with van der Waals surface area (Å²) in [7, 11) is 0. The van der Waals surface area contributed by atoms with Gasteiger partial charge in [0.1, 0.15) is 5.69 Å². The first-order chi connectivity index (χ1) is 9.27. The second-order valence-corrected chi connectivity index (χ2v) is 5.39. The normalized spacial score (nSPS) is 11.4. The quantitative estimate of drug-likeness (QED) is 0.892. The second-order valence-electron chi connectivity index (χ2n) is 3.97. The molecule has 1 aromatic carbocycles. The molecule has 0 aliphatic carbocycles. The molecule has 0 atom stereocenters. The molecule has 1 N–H and O–H groups in total. The van der Waals surface area contributed by atoms with E-state index in [0.717, 1.165) is 28.5 Å². The van der Waals surface area contributed by atoms with Gasteiger partial charge in [-0.25, -0.2) is 0 Å². The number of hydrogen-bond donors (Lipinski definition) is 1. The first kappa shape index (κ1) is 14.8. The van der Waals surface area contributed by atoms with Gasteiger partial charge in [0.2, 0.25) is 0 Å². The fourth-order valence-electron chi connectivity index (χ4n) is 1.49. The Morgan fingerprint density at radius 1 is 1.35 bits per heavy atom. The lowest BCUT2D eigenvalue weighted by Crippen LogP contribution is -2.13. The minimum absolute atomic E-state index is 0.0115. The Hall–Kier alpha value is -1.60. The summed E-state index contributed by atoms with van der Waals surface area (Å²) in [5.41, 5.74) is -0.820. The topological polar surface area (TPSA) is 42.0 Å². The van der Waals surface area contributed by atoms with Gasteiger partial charge in [0, 0.05) is 10.6 Å². The van der Waals surface area contributed by atoms with E-state index < -0.39 is 22.7 Å². The minimum Gasteiger partial charge on any atom is -0.321 e. The molecule has 0 bridgehead atoms. The van der Waals surface area contributed by atoms with E-state index in [9.17, 15) is 18.0 Å². The number of carbonyl (C=O) groups excluding carboxylic acids is 1. The predicted molar refractivity (Wildman–Crippen MR) is 71.3 cm³/mol. The van der Waals surface area contributed by atoms with Crippen LogP contribution in [0.2, 0.25) is 5.02 Å². The third-order valence-corrected chi connectivity index (χ3v) is 3.41. The molecule has 1 heterocycles. The van der Waals surface area contributed by atoms with Crippen molar-refractivity contribution in [3.8, 4) is 0 Å². The largest absolute Gasteiger partial charge is 0.417 e. The summed E-state index contributed by atoms with van der Waals surface area (Å²) < 4.78 is 41.9. The first-order valence-electron chi connectivity index (χ1n) is 5.39. The second kappa shape index (κ2) is 5.41. The number of carbonyl (C=O) groups is 1. The lowest BCUT2D eigenvalue weighted by atomic mass is 10.2. The molecule has 2 rings (SSSR count). The molecular weight excluding hydrogens is 313 g/mol. The van der Waals surface area contributed by atoms with E-state index in [1.54, 1.807) is 13.0 Å². The zero-order chi connectivity index (χ0) is 14.9. The number of halogens is 4. The van der Waals surface area contributed by atoms with Crippen molar-refractivity contribution in [3.05, 3.63) is 45.4 Å². The van der Waals surface area contributed by atoms with E-state index >= 15 is 0 Å². The number of hydrogen-bond acceptors (Lipinski definition) is 3. The van der Waals surface area contributed by atoms with Gasteiger partial charge in [0.15, 0.2) is 0 Å². The van der Waals surface area contributed by atoms with E-state index in [2.05, 4.69) is 9.69 Å². The van der Waals surface area contributed by atoms with Crippen LogP contribution in [-0.2, 0) is 6.18 Å². The van der Waals surface area contributed by atoms with Crippen LogP contribution in [-0.4, -0.2) is 10.3 Å². The van der Waals surface area contributed by atoms with E-state index in [1.165, 1.54) is 6.07 Å². The molecule has 1 amide bonds. The average Bonchev–Trinajstić information content (AvgIpc) is 2.77. The molecule has 0 unspecified atom stereocenters. The molecule has 0 spiro atoms. The van der Waals surface area contributed by atoms with Crippen molar-refractivity contribution in [3.63, 3.8) is 0 Å². The Balaban J connectivity index is 2.24. The van der Waals surface area contributed by atoms with Crippen molar-refractivity contribution >= 4 is 34.7 Å². The summed E-state index contributed by atoms with van der Waals surface area (Å²) in [6, 6.07) is 4.74. The fraction of sp³-hybridized carbons (Fsp3) is 0.167. The van der Waals surface area contributed by atoms with E-state index in [-0.39, 0.29) is 11.4 Å². The third-order valence-electron chi connectivity index (χ3n) is 2.39. The van der Waals surface area contributed by atoms with Gasteiger partial charge in [-0.3, -0.25) is 4.79 Å². The van der Waals surface area contributed by atoms with Crippen LogP contribution in [0.3, 0.4) is 0 Å². The van der Waals surface area contributed by atoms with Crippen LogP contribution in [0, 0.1) is 6.92 Å². The van der Waals surface area contributed by atoms with Gasteiger partial charge in [-0.05, 0) is 42.7 Å². The molecule has 1 aromatic heterocycles. The monoisotopic (exact) mass is 320 g/mol. The summed E-state index contributed by atoms with van der Waals surface area (Å²) in [5.74, 6) is -0.565. The van der Waals surface area contributed by atoms with Gasteiger partial charge in [0.05, 0.1) is 10.6 Å². The number of alkyl halides is 3. The molecule has 20 heavy (non-hydrogen) atoms. The zero-order valence-electron chi connectivity index (χ0n) is 10.1. The van der Waals surface area contributed by atoms with Crippen LogP contribution < -0.4 is 5.32 Å². The number of anilines is 1. The van der Waals surface area contributed by atoms with Gasteiger partial charge in [-0.2, -0.15) is 17.5 Å². The lowest BCUT2D eigenvalue weighted by molar-refractivity contribution is -0.137. The van der Waals surface area contributed by atoms with Gasteiger partial charge < -0.3 is 5.32 Å². The van der Waals surface area contributed by atoms with Gasteiger partial charge in [-0.1, -0.05) is 11.6 Å². The van der Waals surface area contributed by atoms with E-state index in [0.29, 0.717) is 0 Å². The molecular formula is C12H8ClF3N2OS. The maximum absolute atomic E-state index is 12.7. The summed E-state index contributed by atoms with van der Waals surface area (Å²) in [5, 5.41) is 1.94. The summed E-state index contributed by atoms with van der Waals surface area (Å²) in [6.45, 7) is 1.78. The Morgan fingerprint density at radius 3 is 2.60 bits per heavy atom. The number of aryl methyl sites for hydroxylation is 1. The van der Waals surface area contributed by atoms with Crippen molar-refractivity contribution in [2.24, 2.45) is 0 Å². The van der Waals surface area contributed by atoms with Crippen molar-refractivity contribution < 1.29 is 18.0 Å². The van der Waals surface area contributed by atoms with Crippen LogP contribution in [0.1, 0.15) is 20.9 Å². The average molecular weight is 321 g/mol. The Morgan fingerprint density at radius 2 is 2.05 bits per heavy atom. The number of aromatic nitrogens is 1. The molecule has 0 saturated carbocycles. The molecule has 0 radical (unpaired) electrons. The Kier molecular flexibility index (Phi) is 4.01. The lowest BCUT2D eigenvalue weighted by Gasteiger charge is -2.11. The van der Waals surface area contributed by atoms with Crippen molar-refractivity contribution in [1.82, 2.24) is 4.37 Å². The maximum atomic E-state index is 12.7. The van der Waals surface area contributed by atoms with Crippen LogP contribution >= 0.6 is 23.1 Å². The Labute approximate surface area is 121 Å².